The lowest BCUT2D eigenvalue weighted by atomic mass is 9.99. The molecule has 0 saturated heterocycles. The largest absolute Gasteiger partial charge is 0.479 e. The first kappa shape index (κ1) is 22.7. The molecule has 0 fully saturated rings. The zero-order valence-corrected chi connectivity index (χ0v) is 19.1. The minimum absolute atomic E-state index is 0.261. The summed E-state index contributed by atoms with van der Waals surface area (Å²) in [6.45, 7) is 4.05. The first-order valence-corrected chi connectivity index (χ1v) is 10.7. The van der Waals surface area contributed by atoms with Gasteiger partial charge in [0.05, 0.1) is 12.8 Å². The number of nitrogens with zero attached hydrogens (tertiary/aromatic N) is 2. The van der Waals surface area contributed by atoms with E-state index in [-0.39, 0.29) is 11.8 Å². The lowest BCUT2D eigenvalue weighted by molar-refractivity contribution is -0.109. The Morgan fingerprint density at radius 2 is 1.85 bits per heavy atom. The molecule has 0 spiro atoms. The van der Waals surface area contributed by atoms with Crippen molar-refractivity contribution in [2.75, 3.05) is 12.4 Å². The fraction of sp³-hybridized carbons (Fsp3) is 0.154. The van der Waals surface area contributed by atoms with E-state index >= 15 is 0 Å². The van der Waals surface area contributed by atoms with E-state index in [4.69, 9.17) is 9.26 Å². The van der Waals surface area contributed by atoms with Gasteiger partial charge in [0.1, 0.15) is 22.7 Å². The summed E-state index contributed by atoms with van der Waals surface area (Å²) in [7, 11) is 1.49. The van der Waals surface area contributed by atoms with Crippen LogP contribution in [-0.4, -0.2) is 29.6 Å². The maximum Gasteiger partial charge on any atom is 0.261 e. The Labute approximate surface area is 197 Å². The molecule has 34 heavy (non-hydrogen) atoms. The molecule has 172 valence electrons. The number of carbonyl (C=O) groups is 2. The molecular weight excluding hydrogens is 432 g/mol. The van der Waals surface area contributed by atoms with Gasteiger partial charge >= 0.3 is 0 Å². The van der Waals surface area contributed by atoms with Crippen molar-refractivity contribution in [2.24, 2.45) is 0 Å². The molecule has 2 heterocycles. The SMILES string of the molecule is COc1nc(-c2cccc(C)c2CNC=O)ccc1NC(=O)c1c(-c2ccccc2)noc1C. The van der Waals surface area contributed by atoms with E-state index in [1.54, 1.807) is 19.1 Å². The molecule has 0 bridgehead atoms. The number of ether oxygens (including phenoxy) is 1. The number of aromatic nitrogens is 2. The maximum atomic E-state index is 13.2. The van der Waals surface area contributed by atoms with Crippen LogP contribution in [0.2, 0.25) is 0 Å². The van der Waals surface area contributed by atoms with Crippen molar-refractivity contribution in [3.63, 3.8) is 0 Å². The third-order valence-electron chi connectivity index (χ3n) is 5.49. The number of methoxy groups -OCH3 is 1. The zero-order chi connectivity index (χ0) is 24.1. The lowest BCUT2D eigenvalue weighted by Crippen LogP contribution is -2.15. The van der Waals surface area contributed by atoms with E-state index < -0.39 is 0 Å². The van der Waals surface area contributed by atoms with Gasteiger partial charge in [-0.25, -0.2) is 4.98 Å². The minimum Gasteiger partial charge on any atom is -0.479 e. The summed E-state index contributed by atoms with van der Waals surface area (Å²) >= 11 is 0. The van der Waals surface area contributed by atoms with Crippen molar-refractivity contribution in [3.8, 4) is 28.4 Å². The molecule has 8 heteroatoms. The molecule has 0 saturated carbocycles. The van der Waals surface area contributed by atoms with Crippen molar-refractivity contribution in [3.05, 3.63) is 83.1 Å². The molecule has 0 aliphatic carbocycles. The smallest absolute Gasteiger partial charge is 0.261 e. The number of pyridine rings is 1. The second-order valence-corrected chi connectivity index (χ2v) is 7.64. The number of hydrogen-bond donors (Lipinski definition) is 2. The van der Waals surface area contributed by atoms with Crippen LogP contribution in [0.5, 0.6) is 5.88 Å². The highest BCUT2D eigenvalue weighted by molar-refractivity contribution is 6.09. The van der Waals surface area contributed by atoms with Crippen LogP contribution in [-0.2, 0) is 11.3 Å². The normalized spacial score (nSPS) is 10.6. The molecule has 8 nitrogen and oxygen atoms in total. The molecule has 0 radical (unpaired) electrons. The van der Waals surface area contributed by atoms with Crippen LogP contribution in [0.25, 0.3) is 22.5 Å². The molecule has 0 aliphatic heterocycles. The quantitative estimate of drug-likeness (QED) is 0.378. The molecule has 4 aromatic rings. The van der Waals surface area contributed by atoms with Gasteiger partial charge in [-0.2, -0.15) is 0 Å². The second-order valence-electron chi connectivity index (χ2n) is 7.64. The van der Waals surface area contributed by atoms with Gasteiger partial charge in [-0.3, -0.25) is 9.59 Å². The third-order valence-corrected chi connectivity index (χ3v) is 5.49. The number of benzene rings is 2. The predicted octanol–water partition coefficient (Wildman–Crippen LogP) is 4.53. The van der Waals surface area contributed by atoms with Crippen molar-refractivity contribution in [1.82, 2.24) is 15.5 Å². The Morgan fingerprint density at radius 3 is 2.59 bits per heavy atom. The van der Waals surface area contributed by atoms with Gasteiger partial charge in [0.2, 0.25) is 12.3 Å². The van der Waals surface area contributed by atoms with Gasteiger partial charge < -0.3 is 19.9 Å². The molecule has 2 aromatic heterocycles. The first-order valence-electron chi connectivity index (χ1n) is 10.7. The Hall–Kier alpha value is -4.46. The molecule has 2 aromatic carbocycles. The van der Waals surface area contributed by atoms with E-state index in [0.29, 0.717) is 41.4 Å². The highest BCUT2D eigenvalue weighted by Gasteiger charge is 2.23. The van der Waals surface area contributed by atoms with Crippen LogP contribution in [0.3, 0.4) is 0 Å². The lowest BCUT2D eigenvalue weighted by Gasteiger charge is -2.15. The topological polar surface area (TPSA) is 106 Å². The number of amides is 2. The van der Waals surface area contributed by atoms with Crippen LogP contribution in [0.1, 0.15) is 27.2 Å². The fourth-order valence-electron chi connectivity index (χ4n) is 3.78. The molecule has 0 unspecified atom stereocenters. The monoisotopic (exact) mass is 456 g/mol. The number of hydrogen-bond acceptors (Lipinski definition) is 6. The van der Waals surface area contributed by atoms with Crippen LogP contribution in [0.15, 0.2) is 65.2 Å². The van der Waals surface area contributed by atoms with Gasteiger partial charge in [-0.05, 0) is 37.1 Å². The van der Waals surface area contributed by atoms with Crippen molar-refractivity contribution >= 4 is 18.0 Å². The summed E-state index contributed by atoms with van der Waals surface area (Å²) in [5.74, 6) is 0.292. The average Bonchev–Trinajstić information content (AvgIpc) is 3.25. The zero-order valence-electron chi connectivity index (χ0n) is 19.1. The van der Waals surface area contributed by atoms with E-state index in [1.807, 2.05) is 55.5 Å². The van der Waals surface area contributed by atoms with Crippen molar-refractivity contribution < 1.29 is 18.8 Å². The third kappa shape index (κ3) is 4.52. The number of aryl methyl sites for hydroxylation is 2. The average molecular weight is 457 g/mol. The Bertz CT molecular complexity index is 1330. The summed E-state index contributed by atoms with van der Waals surface area (Å²) in [4.78, 5) is 28.6. The second kappa shape index (κ2) is 9.99. The highest BCUT2D eigenvalue weighted by Crippen LogP contribution is 2.32. The van der Waals surface area contributed by atoms with Gasteiger partial charge in [0, 0.05) is 17.7 Å². The standard InChI is InChI=1S/C26H24N4O4/c1-16-8-7-11-19(20(16)14-27-15-31)21-12-13-22(26(29-21)33-3)28-25(32)23-17(2)34-30-24(23)18-9-5-4-6-10-18/h4-13,15H,14H2,1-3H3,(H,27,31)(H,28,32). The summed E-state index contributed by atoms with van der Waals surface area (Å²) in [6.07, 6.45) is 0.666. The summed E-state index contributed by atoms with van der Waals surface area (Å²) < 4.78 is 10.8. The highest BCUT2D eigenvalue weighted by atomic mass is 16.5. The van der Waals surface area contributed by atoms with Crippen molar-refractivity contribution in [2.45, 2.75) is 20.4 Å². The van der Waals surface area contributed by atoms with Crippen LogP contribution < -0.4 is 15.4 Å². The van der Waals surface area contributed by atoms with E-state index in [1.165, 1.54) is 7.11 Å². The molecule has 0 aliphatic rings. The molecule has 0 atom stereocenters. The van der Waals surface area contributed by atoms with Gasteiger partial charge in [0.15, 0.2) is 0 Å². The number of nitrogens with one attached hydrogen (secondary N) is 2. The van der Waals surface area contributed by atoms with E-state index in [9.17, 15) is 9.59 Å². The van der Waals surface area contributed by atoms with Gasteiger partial charge in [-0.15, -0.1) is 0 Å². The van der Waals surface area contributed by atoms with Crippen LogP contribution in [0.4, 0.5) is 5.69 Å². The summed E-state index contributed by atoms with van der Waals surface area (Å²) in [6, 6.07) is 18.7. The first-order chi connectivity index (χ1) is 16.5. The number of rotatable bonds is 8. The Kier molecular flexibility index (Phi) is 6.68. The van der Waals surface area contributed by atoms with E-state index in [0.717, 1.165) is 22.3 Å². The summed E-state index contributed by atoms with van der Waals surface area (Å²) in [5, 5.41) is 9.65. The van der Waals surface area contributed by atoms with Gasteiger partial charge in [0.25, 0.3) is 5.91 Å². The molecule has 2 N–H and O–H groups in total. The Balaban J connectivity index is 1.66. The Morgan fingerprint density at radius 1 is 1.06 bits per heavy atom. The van der Waals surface area contributed by atoms with Crippen molar-refractivity contribution in [1.29, 1.82) is 0 Å². The minimum atomic E-state index is -0.378. The molecule has 2 amide bonds. The summed E-state index contributed by atoms with van der Waals surface area (Å²) in [5.41, 5.74) is 5.51. The van der Waals surface area contributed by atoms with E-state index in [2.05, 4.69) is 20.8 Å². The molecular formula is C26H24N4O4. The van der Waals surface area contributed by atoms with Gasteiger partial charge in [-0.1, -0.05) is 53.7 Å². The maximum absolute atomic E-state index is 13.2. The number of anilines is 1. The fourth-order valence-corrected chi connectivity index (χ4v) is 3.78. The predicted molar refractivity (Wildman–Crippen MR) is 128 cm³/mol. The van der Waals surface area contributed by atoms with Crippen LogP contribution >= 0.6 is 0 Å². The number of carbonyl (C=O) groups excluding carboxylic acids is 2. The molecule has 4 rings (SSSR count). The van der Waals surface area contributed by atoms with Crippen LogP contribution in [0, 0.1) is 13.8 Å².